The zero-order valence-corrected chi connectivity index (χ0v) is 27.0. The van der Waals surface area contributed by atoms with Gasteiger partial charge in [-0.2, -0.15) is 0 Å². The summed E-state index contributed by atoms with van der Waals surface area (Å²) < 4.78 is 5.91. The summed E-state index contributed by atoms with van der Waals surface area (Å²) in [5.41, 5.74) is 3.78. The molecule has 0 aliphatic carbocycles. The van der Waals surface area contributed by atoms with Crippen LogP contribution < -0.4 is 0 Å². The number of hydrogen-bond acceptors (Lipinski definition) is 3. The third kappa shape index (κ3) is 13.2. The second kappa shape index (κ2) is 20.7. The Morgan fingerprint density at radius 3 is 1.07 bits per heavy atom. The summed E-state index contributed by atoms with van der Waals surface area (Å²) in [6.07, 6.45) is -0.749. The molecule has 0 radical (unpaired) electrons. The predicted molar refractivity (Wildman–Crippen MR) is 179 cm³/mol. The lowest BCUT2D eigenvalue weighted by Gasteiger charge is -2.18. The Morgan fingerprint density at radius 2 is 0.825 bits per heavy atom. The molecule has 2 N–H and O–H groups in total. The summed E-state index contributed by atoms with van der Waals surface area (Å²) in [7, 11) is 0. The largest absolute Gasteiger partial charge is 0.396 e. The molecule has 4 aromatic rings. The molecule has 0 atom stereocenters. The van der Waals surface area contributed by atoms with Gasteiger partial charge in [-0.1, -0.05) is 134 Å². The summed E-state index contributed by atoms with van der Waals surface area (Å²) in [4.78, 5) is 0. The van der Waals surface area contributed by atoms with Gasteiger partial charge in [-0.25, -0.2) is 0 Å². The monoisotopic (exact) mass is 750 g/mol. The van der Waals surface area contributed by atoms with E-state index in [9.17, 15) is 5.11 Å². The summed E-state index contributed by atoms with van der Waals surface area (Å²) in [6.45, 7) is 0.871. The molecular formula is C31H32Br2Cl4O3. The Kier molecular flexibility index (Phi) is 19.1. The van der Waals surface area contributed by atoms with Gasteiger partial charge in [0.05, 0.1) is 13.2 Å². The summed E-state index contributed by atoms with van der Waals surface area (Å²) in [6, 6.07) is 29.7. The van der Waals surface area contributed by atoms with Crippen LogP contribution in [0.15, 0.2) is 97.1 Å². The van der Waals surface area contributed by atoms with Crippen molar-refractivity contribution in [1.82, 2.24) is 0 Å². The molecule has 3 nitrogen and oxygen atoms in total. The molecule has 0 unspecified atom stereocenters. The Balaban J connectivity index is 0.000000349. The fraction of sp³-hybridized carbons (Fsp3) is 0.226. The molecule has 216 valence electrons. The first-order valence-corrected chi connectivity index (χ1v) is 15.6. The van der Waals surface area contributed by atoms with Gasteiger partial charge in [-0.05, 0) is 70.8 Å². The van der Waals surface area contributed by atoms with Crippen LogP contribution in [-0.4, -0.2) is 34.1 Å². The molecule has 4 rings (SSSR count). The lowest BCUT2D eigenvalue weighted by molar-refractivity contribution is 0.0940. The van der Waals surface area contributed by atoms with Crippen molar-refractivity contribution >= 4 is 78.3 Å². The first-order valence-electron chi connectivity index (χ1n) is 11.8. The molecule has 0 spiro atoms. The quantitative estimate of drug-likeness (QED) is 0.176. The molecule has 0 aliphatic rings. The third-order valence-electron chi connectivity index (χ3n) is 5.16. The average molecular weight is 754 g/mol. The number of benzene rings is 4. The van der Waals surface area contributed by atoms with E-state index in [0.717, 1.165) is 37.6 Å². The zero-order chi connectivity index (χ0) is 28.6. The van der Waals surface area contributed by atoms with Gasteiger partial charge in [-0.3, -0.25) is 0 Å². The Hall–Kier alpha value is -1.12. The van der Waals surface area contributed by atoms with Crippen LogP contribution in [0.1, 0.15) is 41.9 Å². The highest BCUT2D eigenvalue weighted by Gasteiger charge is 2.14. The van der Waals surface area contributed by atoms with Crippen LogP contribution in [0, 0.1) is 0 Å². The number of aliphatic hydroxyl groups is 2. The maximum atomic E-state index is 10.1. The number of halogens is 6. The number of ether oxygens (including phenoxy) is 1. The van der Waals surface area contributed by atoms with Crippen LogP contribution in [-0.2, 0) is 4.74 Å². The summed E-state index contributed by atoms with van der Waals surface area (Å²) in [5.74, 6) is 0. The van der Waals surface area contributed by atoms with Crippen molar-refractivity contribution < 1.29 is 14.9 Å². The van der Waals surface area contributed by atoms with Crippen molar-refractivity contribution in [1.29, 1.82) is 0 Å². The van der Waals surface area contributed by atoms with Gasteiger partial charge in [0.1, 0.15) is 12.2 Å². The Labute approximate surface area is 274 Å². The SMILES string of the molecule is C.Clc1ccc(C(OCCBr)c2ccc(Cl)cc2)cc1.OC(c1ccc(Cl)cc1)c1ccc(Cl)cc1.OCCBr. The van der Waals surface area contributed by atoms with Gasteiger partial charge in [0.15, 0.2) is 0 Å². The van der Waals surface area contributed by atoms with Crippen LogP contribution in [0.25, 0.3) is 0 Å². The minimum absolute atomic E-state index is 0. The first kappa shape index (κ1) is 36.9. The predicted octanol–water partition coefficient (Wildman–Crippen LogP) is 10.6. The standard InChI is InChI=1S/C15H13BrCl2O.C13H10Cl2O.C2H5BrO.CH4/c16-9-10-19-15(11-1-5-13(17)6-2-11)12-3-7-14(18)8-4-12;14-11-5-1-9(2-6-11)13(16)10-3-7-12(15)8-4-10;3-1-2-4;/h1-8,15H,9-10H2;1-8,13,16H;4H,1-2H2;1H4. The molecule has 0 aromatic heterocycles. The Morgan fingerprint density at radius 1 is 0.550 bits per heavy atom. The van der Waals surface area contributed by atoms with Crippen molar-refractivity contribution in [2.45, 2.75) is 19.6 Å². The topological polar surface area (TPSA) is 49.7 Å². The number of alkyl halides is 2. The highest BCUT2D eigenvalue weighted by Crippen LogP contribution is 2.28. The minimum atomic E-state index is -0.644. The first-order chi connectivity index (χ1) is 18.8. The van der Waals surface area contributed by atoms with Crippen molar-refractivity contribution in [2.24, 2.45) is 0 Å². The van der Waals surface area contributed by atoms with E-state index < -0.39 is 6.10 Å². The van der Waals surface area contributed by atoms with Crippen LogP contribution in [0.4, 0.5) is 0 Å². The maximum Gasteiger partial charge on any atom is 0.108 e. The Bertz CT molecular complexity index is 1110. The highest BCUT2D eigenvalue weighted by molar-refractivity contribution is 9.09. The zero-order valence-electron chi connectivity index (χ0n) is 20.8. The van der Waals surface area contributed by atoms with Gasteiger partial charge < -0.3 is 14.9 Å². The second-order valence-corrected chi connectivity index (χ2v) is 11.3. The van der Waals surface area contributed by atoms with Gasteiger partial charge in [0.25, 0.3) is 0 Å². The smallest absolute Gasteiger partial charge is 0.108 e. The van der Waals surface area contributed by atoms with E-state index in [2.05, 4.69) is 31.9 Å². The molecule has 40 heavy (non-hydrogen) atoms. The van der Waals surface area contributed by atoms with E-state index in [-0.39, 0.29) is 20.1 Å². The van der Waals surface area contributed by atoms with E-state index in [4.69, 9.17) is 56.2 Å². The van der Waals surface area contributed by atoms with Crippen molar-refractivity contribution in [3.8, 4) is 0 Å². The van der Waals surface area contributed by atoms with Crippen molar-refractivity contribution in [3.63, 3.8) is 0 Å². The fourth-order valence-electron chi connectivity index (χ4n) is 3.31. The molecule has 0 fully saturated rings. The maximum absolute atomic E-state index is 10.1. The van der Waals surface area contributed by atoms with E-state index in [0.29, 0.717) is 22.0 Å². The minimum Gasteiger partial charge on any atom is -0.396 e. The van der Waals surface area contributed by atoms with Crippen LogP contribution in [0.3, 0.4) is 0 Å². The van der Waals surface area contributed by atoms with E-state index >= 15 is 0 Å². The van der Waals surface area contributed by atoms with Gasteiger partial charge in [-0.15, -0.1) is 0 Å². The van der Waals surface area contributed by atoms with Gasteiger partial charge in [0, 0.05) is 30.8 Å². The van der Waals surface area contributed by atoms with Crippen LogP contribution >= 0.6 is 78.3 Å². The molecule has 0 amide bonds. The van der Waals surface area contributed by atoms with Crippen LogP contribution in [0.5, 0.6) is 0 Å². The molecule has 0 saturated heterocycles. The normalized spacial score (nSPS) is 10.2. The number of rotatable bonds is 8. The lowest BCUT2D eigenvalue weighted by Crippen LogP contribution is -2.08. The third-order valence-corrected chi connectivity index (χ3v) is 6.85. The highest BCUT2D eigenvalue weighted by atomic mass is 79.9. The van der Waals surface area contributed by atoms with Crippen molar-refractivity contribution in [3.05, 3.63) is 139 Å². The number of hydrogen-bond donors (Lipinski definition) is 2. The molecule has 0 heterocycles. The number of aliphatic hydroxyl groups excluding tert-OH is 2. The molecule has 0 aliphatic heterocycles. The van der Waals surface area contributed by atoms with Gasteiger partial charge in [0.2, 0.25) is 0 Å². The summed E-state index contributed by atoms with van der Waals surface area (Å²) in [5, 5.41) is 22.2. The second-order valence-electron chi connectivity index (χ2n) is 7.96. The van der Waals surface area contributed by atoms with Gasteiger partial charge >= 0.3 is 0 Å². The average Bonchev–Trinajstić information content (AvgIpc) is 2.96. The van der Waals surface area contributed by atoms with E-state index in [1.807, 2.05) is 72.8 Å². The molecule has 0 bridgehead atoms. The van der Waals surface area contributed by atoms with E-state index in [1.165, 1.54) is 0 Å². The fourth-order valence-corrected chi connectivity index (χ4v) is 4.00. The van der Waals surface area contributed by atoms with E-state index in [1.54, 1.807) is 24.3 Å². The van der Waals surface area contributed by atoms with Crippen molar-refractivity contribution in [2.75, 3.05) is 23.9 Å². The molecule has 4 aromatic carbocycles. The summed E-state index contributed by atoms with van der Waals surface area (Å²) >= 11 is 29.8. The molecule has 9 heteroatoms. The molecular weight excluding hydrogens is 722 g/mol. The lowest BCUT2D eigenvalue weighted by atomic mass is 10.0. The van der Waals surface area contributed by atoms with Crippen LogP contribution in [0.2, 0.25) is 20.1 Å². The molecule has 0 saturated carbocycles.